The molecule has 3 rings (SSSR count). The number of hydrogen-bond acceptors (Lipinski definition) is 6. The van der Waals surface area contributed by atoms with Crippen LogP contribution in [0, 0.1) is 0 Å². The molecule has 30 heavy (non-hydrogen) atoms. The first-order valence-electron chi connectivity index (χ1n) is 9.96. The van der Waals surface area contributed by atoms with Gasteiger partial charge in [-0.1, -0.05) is 0 Å². The molecular formula is C21H26BrN3O5. The van der Waals surface area contributed by atoms with E-state index in [0.717, 1.165) is 12.8 Å². The van der Waals surface area contributed by atoms with Crippen molar-refractivity contribution in [1.29, 1.82) is 0 Å². The second-order valence-electron chi connectivity index (χ2n) is 8.25. The minimum Gasteiger partial charge on any atom is -0.462 e. The van der Waals surface area contributed by atoms with Crippen LogP contribution in [0.3, 0.4) is 0 Å². The Bertz CT molecular complexity index is 1030. The van der Waals surface area contributed by atoms with Crippen LogP contribution in [0.5, 0.6) is 0 Å². The number of halogens is 1. The van der Waals surface area contributed by atoms with Crippen LogP contribution in [-0.4, -0.2) is 51.8 Å². The lowest BCUT2D eigenvalue weighted by Gasteiger charge is -2.35. The monoisotopic (exact) mass is 479 g/mol. The lowest BCUT2D eigenvalue weighted by atomic mass is 10.0. The van der Waals surface area contributed by atoms with Crippen molar-refractivity contribution in [1.82, 2.24) is 14.5 Å². The van der Waals surface area contributed by atoms with E-state index < -0.39 is 17.0 Å². The van der Waals surface area contributed by atoms with Crippen molar-refractivity contribution in [3.8, 4) is 0 Å². The first-order valence-corrected chi connectivity index (χ1v) is 10.8. The van der Waals surface area contributed by atoms with Gasteiger partial charge in [0.25, 0.3) is 0 Å². The maximum Gasteiger partial charge on any atom is 0.410 e. The van der Waals surface area contributed by atoms with Crippen LogP contribution in [0.1, 0.15) is 56.9 Å². The van der Waals surface area contributed by atoms with Crippen molar-refractivity contribution < 1.29 is 19.1 Å². The van der Waals surface area contributed by atoms with Gasteiger partial charge in [0, 0.05) is 19.3 Å². The van der Waals surface area contributed by atoms with E-state index in [0.29, 0.717) is 28.6 Å². The van der Waals surface area contributed by atoms with Crippen molar-refractivity contribution >= 4 is 38.9 Å². The second kappa shape index (κ2) is 8.75. The molecule has 1 aliphatic rings. The molecule has 0 saturated carbocycles. The Labute approximate surface area is 183 Å². The minimum atomic E-state index is -0.661. The molecular weight excluding hydrogens is 454 g/mol. The van der Waals surface area contributed by atoms with Gasteiger partial charge < -0.3 is 18.9 Å². The van der Waals surface area contributed by atoms with E-state index in [9.17, 15) is 14.4 Å². The van der Waals surface area contributed by atoms with Gasteiger partial charge in [-0.15, -0.1) is 0 Å². The summed E-state index contributed by atoms with van der Waals surface area (Å²) in [5, 5.41) is 0.372. The fourth-order valence-electron chi connectivity index (χ4n) is 3.55. The molecule has 0 radical (unpaired) electrons. The average molecular weight is 480 g/mol. The zero-order valence-corrected chi connectivity index (χ0v) is 19.2. The van der Waals surface area contributed by atoms with Crippen molar-refractivity contribution in [3.05, 3.63) is 38.9 Å². The molecule has 0 aromatic carbocycles. The summed E-state index contributed by atoms with van der Waals surface area (Å²) < 4.78 is 13.0. The Morgan fingerprint density at radius 1 is 1.33 bits per heavy atom. The summed E-state index contributed by atoms with van der Waals surface area (Å²) in [7, 11) is 0. The number of likely N-dealkylation sites (tertiary alicyclic amines) is 1. The number of ether oxygens (including phenoxy) is 2. The number of rotatable bonds is 3. The Morgan fingerprint density at radius 3 is 2.73 bits per heavy atom. The van der Waals surface area contributed by atoms with Gasteiger partial charge >= 0.3 is 12.1 Å². The number of pyridine rings is 2. The Balaban J connectivity index is 2.04. The third-order valence-corrected chi connectivity index (χ3v) is 5.26. The molecule has 1 atom stereocenters. The molecule has 3 heterocycles. The largest absolute Gasteiger partial charge is 0.462 e. The Hall–Kier alpha value is -2.42. The molecule has 0 bridgehead atoms. The highest BCUT2D eigenvalue weighted by atomic mass is 79.9. The van der Waals surface area contributed by atoms with Gasteiger partial charge in [0.15, 0.2) is 0 Å². The van der Waals surface area contributed by atoms with Gasteiger partial charge in [0.1, 0.15) is 15.8 Å². The predicted molar refractivity (Wildman–Crippen MR) is 116 cm³/mol. The van der Waals surface area contributed by atoms with Gasteiger partial charge in [-0.2, -0.15) is 0 Å². The maximum atomic E-state index is 12.9. The van der Waals surface area contributed by atoms with Crippen molar-refractivity contribution in [2.45, 2.75) is 52.2 Å². The summed E-state index contributed by atoms with van der Waals surface area (Å²) in [6.45, 7) is 8.36. The highest BCUT2D eigenvalue weighted by Gasteiger charge is 2.30. The van der Waals surface area contributed by atoms with Crippen LogP contribution in [0.4, 0.5) is 4.79 Å². The smallest absolute Gasteiger partial charge is 0.410 e. The number of carbonyl (C=O) groups excluding carboxylic acids is 2. The zero-order chi connectivity index (χ0) is 22.1. The lowest BCUT2D eigenvalue weighted by molar-refractivity contribution is 0.0173. The number of hydrogen-bond donors (Lipinski definition) is 0. The van der Waals surface area contributed by atoms with E-state index in [-0.39, 0.29) is 24.3 Å². The molecule has 1 fully saturated rings. The first-order chi connectivity index (χ1) is 14.1. The fourth-order valence-corrected chi connectivity index (χ4v) is 3.88. The van der Waals surface area contributed by atoms with Crippen LogP contribution in [0.15, 0.2) is 27.9 Å². The number of fused-ring (bicyclic) bond motifs is 1. The zero-order valence-electron chi connectivity index (χ0n) is 17.6. The van der Waals surface area contributed by atoms with Gasteiger partial charge in [-0.25, -0.2) is 14.6 Å². The standard InChI is InChI=1S/C21H26BrN3O5/c1-5-29-19(27)15-12-25(16-10-23-17(22)9-14(16)18(15)26)13-7-6-8-24(11-13)20(28)30-21(2,3)4/h9-10,12-13H,5-8,11H2,1-4H3/t13-/m0/s1. The summed E-state index contributed by atoms with van der Waals surface area (Å²) in [5.41, 5.74) is -0.409. The number of nitrogens with zero attached hydrogens (tertiary/aromatic N) is 3. The summed E-state index contributed by atoms with van der Waals surface area (Å²) in [6, 6.07) is 1.47. The quantitative estimate of drug-likeness (QED) is 0.489. The van der Waals surface area contributed by atoms with E-state index >= 15 is 0 Å². The summed E-state index contributed by atoms with van der Waals surface area (Å²) in [5.74, 6) is -0.661. The third-order valence-electron chi connectivity index (χ3n) is 4.82. The number of aromatic nitrogens is 2. The Kier molecular flexibility index (Phi) is 6.50. The SMILES string of the molecule is CCOC(=O)c1cn([C@H]2CCCN(C(=O)OC(C)(C)C)C2)c2cnc(Br)cc2c1=O. The molecule has 9 heteroatoms. The molecule has 1 amide bonds. The molecule has 8 nitrogen and oxygen atoms in total. The van der Waals surface area contributed by atoms with E-state index in [2.05, 4.69) is 20.9 Å². The molecule has 0 aliphatic carbocycles. The van der Waals surface area contributed by atoms with E-state index in [4.69, 9.17) is 9.47 Å². The molecule has 2 aromatic heterocycles. The molecule has 162 valence electrons. The van der Waals surface area contributed by atoms with Crippen LogP contribution in [0.25, 0.3) is 10.9 Å². The highest BCUT2D eigenvalue weighted by molar-refractivity contribution is 9.10. The fraction of sp³-hybridized carbons (Fsp3) is 0.524. The highest BCUT2D eigenvalue weighted by Crippen LogP contribution is 2.27. The van der Waals surface area contributed by atoms with Crippen LogP contribution in [-0.2, 0) is 9.47 Å². The van der Waals surface area contributed by atoms with Crippen molar-refractivity contribution in [3.63, 3.8) is 0 Å². The van der Waals surface area contributed by atoms with Crippen molar-refractivity contribution in [2.75, 3.05) is 19.7 Å². The average Bonchev–Trinajstić information content (AvgIpc) is 2.67. The molecule has 1 saturated heterocycles. The van der Waals surface area contributed by atoms with Crippen LogP contribution in [0.2, 0.25) is 0 Å². The number of amides is 1. The normalized spacial score (nSPS) is 17.1. The number of esters is 1. The van der Waals surface area contributed by atoms with E-state index in [1.165, 1.54) is 6.20 Å². The Morgan fingerprint density at radius 2 is 2.07 bits per heavy atom. The molecule has 0 spiro atoms. The molecule has 0 unspecified atom stereocenters. The third kappa shape index (κ3) is 4.83. The van der Waals surface area contributed by atoms with Crippen molar-refractivity contribution in [2.24, 2.45) is 0 Å². The topological polar surface area (TPSA) is 90.7 Å². The lowest BCUT2D eigenvalue weighted by Crippen LogP contribution is -2.43. The number of piperidine rings is 1. The van der Waals surface area contributed by atoms with Gasteiger partial charge in [0.2, 0.25) is 5.43 Å². The summed E-state index contributed by atoms with van der Waals surface area (Å²) in [6.07, 6.45) is 4.32. The van der Waals surface area contributed by atoms with Gasteiger partial charge in [-0.05, 0) is 62.5 Å². The summed E-state index contributed by atoms with van der Waals surface area (Å²) in [4.78, 5) is 43.8. The van der Waals surface area contributed by atoms with Crippen LogP contribution >= 0.6 is 15.9 Å². The number of carbonyl (C=O) groups is 2. The summed E-state index contributed by atoms with van der Waals surface area (Å²) >= 11 is 3.29. The van der Waals surface area contributed by atoms with E-state index in [1.807, 2.05) is 25.3 Å². The second-order valence-corrected chi connectivity index (χ2v) is 9.06. The first kappa shape index (κ1) is 22.3. The van der Waals surface area contributed by atoms with E-state index in [1.54, 1.807) is 24.1 Å². The minimum absolute atomic E-state index is 0.0307. The predicted octanol–water partition coefficient (Wildman–Crippen LogP) is 3.91. The van der Waals surface area contributed by atoms with Crippen LogP contribution < -0.4 is 5.43 Å². The molecule has 2 aromatic rings. The maximum absolute atomic E-state index is 12.9. The van der Waals surface area contributed by atoms with Gasteiger partial charge in [0.05, 0.1) is 29.7 Å². The van der Waals surface area contributed by atoms with Gasteiger partial charge in [-0.3, -0.25) is 4.79 Å². The molecule has 1 aliphatic heterocycles. The molecule has 0 N–H and O–H groups in total.